The average molecular weight is 801 g/mol. The van der Waals surface area contributed by atoms with Gasteiger partial charge in [-0.15, -0.1) is 0 Å². The standard InChI is InChI=1S/C22H26N6O.C16H13FN4O.C6H14N2/c1-12-21(26-14-5-2-4-13(23)10-14)28-20-15(6-3-7-18(20)25-12)19-11-16-17(27-19)8-9-24-22(16)29;1-8-15(17)21-14-9(3-2-4-12(14)19-8)13-7-10-11(20-13)5-6-18-16(10)22;7-5-2-1-3-6(8)4-5/h3,6-7,11,13-14,27H,2,4-5,8-10,23H2,1H3,(H,24,29)(H,26,28);2-4,7,20H,5-6H2,1H3,(H,18,22);5-6H,1-4,7-8H2/t13-,14+;;/m1../s1. The number of hydrogen-bond donors (Lipinski definition) is 8. The molecule has 2 aliphatic carbocycles. The molecule has 2 fully saturated rings. The van der Waals surface area contributed by atoms with Gasteiger partial charge in [-0.05, 0) is 83.1 Å². The first-order chi connectivity index (χ1) is 28.5. The number of nitrogens with one attached hydrogen (secondary N) is 5. The molecule has 6 heterocycles. The molecule has 2 aliphatic heterocycles. The third-order valence-electron chi connectivity index (χ3n) is 11.7. The number of aromatic nitrogens is 6. The predicted molar refractivity (Wildman–Crippen MR) is 228 cm³/mol. The van der Waals surface area contributed by atoms with Crippen LogP contribution >= 0.6 is 0 Å². The minimum atomic E-state index is -0.575. The number of benzene rings is 2. The summed E-state index contributed by atoms with van der Waals surface area (Å²) in [5.41, 5.74) is 28.0. The Morgan fingerprint density at radius 2 is 1.15 bits per heavy atom. The minimum absolute atomic E-state index is 0.0214. The number of anilines is 1. The van der Waals surface area contributed by atoms with Crippen molar-refractivity contribution in [3.05, 3.63) is 88.4 Å². The van der Waals surface area contributed by atoms with E-state index in [0.717, 1.165) is 107 Å². The van der Waals surface area contributed by atoms with E-state index in [0.29, 0.717) is 47.8 Å². The number of carbonyl (C=O) groups excluding carboxylic acids is 2. The Labute approximate surface area is 342 Å². The molecular formula is C44H53FN12O2. The van der Waals surface area contributed by atoms with Gasteiger partial charge in [-0.3, -0.25) is 9.59 Å². The molecule has 2 unspecified atom stereocenters. The third-order valence-corrected chi connectivity index (χ3v) is 11.7. The first kappa shape index (κ1) is 40.0. The van der Waals surface area contributed by atoms with E-state index >= 15 is 0 Å². The van der Waals surface area contributed by atoms with E-state index in [1.807, 2.05) is 43.3 Å². The maximum absolute atomic E-state index is 13.8. The molecule has 15 heteroatoms. The summed E-state index contributed by atoms with van der Waals surface area (Å²) in [6, 6.07) is 16.6. The summed E-state index contributed by atoms with van der Waals surface area (Å²) in [7, 11) is 0. The van der Waals surface area contributed by atoms with Crippen molar-refractivity contribution >= 4 is 39.7 Å². The quantitative estimate of drug-likeness (QED) is 0.112. The molecule has 6 aromatic rings. The number of nitrogens with two attached hydrogens (primary N) is 3. The first-order valence-electron chi connectivity index (χ1n) is 20.7. The number of aryl methyl sites for hydroxylation is 2. The van der Waals surface area contributed by atoms with E-state index < -0.39 is 5.95 Å². The number of fused-ring (bicyclic) bond motifs is 4. The molecule has 14 nitrogen and oxygen atoms in total. The third kappa shape index (κ3) is 8.82. The van der Waals surface area contributed by atoms with Gasteiger partial charge in [0.1, 0.15) is 16.9 Å². The van der Waals surface area contributed by atoms with Crippen LogP contribution in [0.15, 0.2) is 48.5 Å². The van der Waals surface area contributed by atoms with Crippen molar-refractivity contribution in [2.45, 2.75) is 102 Å². The predicted octanol–water partition coefficient (Wildman–Crippen LogP) is 5.47. The lowest BCUT2D eigenvalue weighted by Gasteiger charge is -2.28. The van der Waals surface area contributed by atoms with Crippen LogP contribution in [0.1, 0.15) is 94.9 Å². The molecule has 59 heavy (non-hydrogen) atoms. The van der Waals surface area contributed by atoms with Gasteiger partial charge in [0, 0.05) is 84.0 Å². The number of halogens is 1. The van der Waals surface area contributed by atoms with Crippen LogP contribution in [0.5, 0.6) is 0 Å². The second-order valence-corrected chi connectivity index (χ2v) is 16.2. The lowest BCUT2D eigenvalue weighted by atomic mass is 9.91. The highest BCUT2D eigenvalue weighted by atomic mass is 19.1. The fraction of sp³-hybridized carbons (Fsp3) is 0.409. The average Bonchev–Trinajstić information content (AvgIpc) is 3.86. The number of para-hydroxylation sites is 2. The number of aromatic amines is 2. The molecule has 2 saturated carbocycles. The Morgan fingerprint density at radius 3 is 1.66 bits per heavy atom. The smallest absolute Gasteiger partial charge is 0.253 e. The Balaban J connectivity index is 0.000000142. The molecule has 2 amide bonds. The zero-order valence-electron chi connectivity index (χ0n) is 33.6. The van der Waals surface area contributed by atoms with Crippen molar-refractivity contribution in [3.8, 4) is 22.5 Å². The summed E-state index contributed by atoms with van der Waals surface area (Å²) in [6.45, 7) is 4.86. The largest absolute Gasteiger partial charge is 0.366 e. The van der Waals surface area contributed by atoms with E-state index in [1.165, 1.54) is 19.3 Å². The summed E-state index contributed by atoms with van der Waals surface area (Å²) in [5, 5.41) is 9.29. The summed E-state index contributed by atoms with van der Waals surface area (Å²) >= 11 is 0. The van der Waals surface area contributed by atoms with Gasteiger partial charge in [-0.25, -0.2) is 19.9 Å². The van der Waals surface area contributed by atoms with E-state index in [1.54, 1.807) is 19.1 Å². The summed E-state index contributed by atoms with van der Waals surface area (Å²) < 4.78 is 13.8. The van der Waals surface area contributed by atoms with Crippen molar-refractivity contribution < 1.29 is 14.0 Å². The number of nitrogens with zero attached hydrogens (tertiary/aromatic N) is 4. The van der Waals surface area contributed by atoms with Gasteiger partial charge in [0.25, 0.3) is 11.8 Å². The van der Waals surface area contributed by atoms with Gasteiger partial charge in [-0.2, -0.15) is 4.39 Å². The fourth-order valence-corrected chi connectivity index (χ4v) is 8.58. The van der Waals surface area contributed by atoms with Crippen LogP contribution in [0.25, 0.3) is 44.6 Å². The van der Waals surface area contributed by atoms with Crippen LogP contribution in [0.2, 0.25) is 0 Å². The molecule has 308 valence electrons. The number of H-pyrrole nitrogens is 2. The summed E-state index contributed by atoms with van der Waals surface area (Å²) in [4.78, 5) is 48.7. The van der Waals surface area contributed by atoms with E-state index in [9.17, 15) is 14.0 Å². The molecule has 4 aliphatic rings. The van der Waals surface area contributed by atoms with Crippen LogP contribution in [0, 0.1) is 19.8 Å². The molecule has 0 spiro atoms. The highest BCUT2D eigenvalue weighted by Crippen LogP contribution is 2.32. The van der Waals surface area contributed by atoms with Crippen molar-refractivity contribution in [1.82, 2.24) is 40.5 Å². The topological polar surface area (TPSA) is 231 Å². The molecule has 0 saturated heterocycles. The molecule has 2 aromatic carbocycles. The van der Waals surface area contributed by atoms with Gasteiger partial charge in [0.2, 0.25) is 5.95 Å². The van der Waals surface area contributed by atoms with Crippen LogP contribution in [0.4, 0.5) is 10.2 Å². The van der Waals surface area contributed by atoms with Crippen LogP contribution in [-0.2, 0) is 12.8 Å². The van der Waals surface area contributed by atoms with Crippen molar-refractivity contribution in [2.24, 2.45) is 17.2 Å². The minimum Gasteiger partial charge on any atom is -0.366 e. The van der Waals surface area contributed by atoms with Gasteiger partial charge < -0.3 is 43.1 Å². The molecule has 0 radical (unpaired) electrons. The molecule has 10 rings (SSSR count). The molecule has 0 bridgehead atoms. The monoisotopic (exact) mass is 800 g/mol. The Kier molecular flexibility index (Phi) is 11.7. The number of rotatable bonds is 4. The van der Waals surface area contributed by atoms with Crippen molar-refractivity contribution in [3.63, 3.8) is 0 Å². The first-order valence-corrected chi connectivity index (χ1v) is 20.7. The SMILES string of the molecule is Cc1nc2cccc(-c3cc4c([nH]3)CCNC4=O)c2nc1F.Cc1nc2cccc(-c3cc4c([nH]3)CCNC4=O)c2nc1N[C@H]1CCC[C@@H](N)C1.NC1CCCC(N)C1. The molecule has 4 aromatic heterocycles. The van der Waals surface area contributed by atoms with Gasteiger partial charge >= 0.3 is 0 Å². The van der Waals surface area contributed by atoms with Crippen LogP contribution in [-0.4, -0.2) is 79.0 Å². The lowest BCUT2D eigenvalue weighted by molar-refractivity contribution is 0.0937. The summed E-state index contributed by atoms with van der Waals surface area (Å²) in [5.74, 6) is 0.135. The maximum Gasteiger partial charge on any atom is 0.253 e. The highest BCUT2D eigenvalue weighted by Gasteiger charge is 2.24. The maximum atomic E-state index is 13.8. The Hall–Kier alpha value is -5.77. The van der Waals surface area contributed by atoms with E-state index in [4.69, 9.17) is 27.2 Å². The van der Waals surface area contributed by atoms with E-state index in [-0.39, 0.29) is 23.6 Å². The fourth-order valence-electron chi connectivity index (χ4n) is 8.58. The molecular weight excluding hydrogens is 748 g/mol. The van der Waals surface area contributed by atoms with Gasteiger partial charge in [0.15, 0.2) is 0 Å². The number of amides is 2. The Bertz CT molecular complexity index is 2510. The number of hydrogen-bond acceptors (Lipinski definition) is 10. The van der Waals surface area contributed by atoms with Gasteiger partial charge in [0.05, 0.1) is 33.5 Å². The van der Waals surface area contributed by atoms with Crippen LogP contribution < -0.4 is 33.2 Å². The number of carbonyl (C=O) groups is 2. The van der Waals surface area contributed by atoms with Crippen molar-refractivity contribution in [2.75, 3.05) is 18.4 Å². The summed E-state index contributed by atoms with van der Waals surface area (Å²) in [6.07, 6.45) is 10.5. The van der Waals surface area contributed by atoms with Crippen molar-refractivity contribution in [1.29, 1.82) is 0 Å². The van der Waals surface area contributed by atoms with Gasteiger partial charge in [-0.1, -0.05) is 30.7 Å². The lowest BCUT2D eigenvalue weighted by Crippen LogP contribution is -2.35. The van der Waals surface area contributed by atoms with E-state index in [2.05, 4.69) is 35.9 Å². The zero-order valence-corrected chi connectivity index (χ0v) is 33.6. The second-order valence-electron chi connectivity index (χ2n) is 16.2. The molecule has 11 N–H and O–H groups in total. The van der Waals surface area contributed by atoms with Crippen LogP contribution in [0.3, 0.4) is 0 Å². The zero-order chi connectivity index (χ0) is 41.2. The second kappa shape index (κ2) is 17.2. The Morgan fingerprint density at radius 1 is 0.644 bits per heavy atom. The highest BCUT2D eigenvalue weighted by molar-refractivity contribution is 6.00. The molecule has 4 atom stereocenters. The normalized spacial score (nSPS) is 21.3.